The first-order valence-corrected chi connectivity index (χ1v) is 7.60. The van der Waals surface area contributed by atoms with E-state index in [2.05, 4.69) is 16.0 Å². The third-order valence-corrected chi connectivity index (χ3v) is 2.71. The van der Waals surface area contributed by atoms with Gasteiger partial charge in [0.2, 0.25) is 5.91 Å². The number of hydrogen-bond donors (Lipinski definition) is 3. The summed E-state index contributed by atoms with van der Waals surface area (Å²) in [6.07, 6.45) is 0.927. The molecule has 0 aromatic heterocycles. The zero-order valence-corrected chi connectivity index (χ0v) is 13.6. The zero-order chi connectivity index (χ0) is 17.5. The number of hydrogen-bond acceptors (Lipinski definition) is 6. The van der Waals surface area contributed by atoms with Crippen molar-refractivity contribution in [2.24, 2.45) is 0 Å². The van der Waals surface area contributed by atoms with Gasteiger partial charge in [0.15, 0.2) is 0 Å². The molecule has 0 saturated heterocycles. The van der Waals surface area contributed by atoms with Crippen LogP contribution in [-0.2, 0) is 19.1 Å². The summed E-state index contributed by atoms with van der Waals surface area (Å²) in [5, 5.41) is 7.40. The Bertz CT molecular complexity index is 389. The normalized spacial score (nSPS) is 11.0. The van der Waals surface area contributed by atoms with E-state index < -0.39 is 24.1 Å². The summed E-state index contributed by atoms with van der Waals surface area (Å²) in [5.74, 6) is -0.455. The second-order valence-corrected chi connectivity index (χ2v) is 4.47. The van der Waals surface area contributed by atoms with E-state index in [1.807, 2.05) is 0 Å². The van der Waals surface area contributed by atoms with Crippen LogP contribution in [0, 0.1) is 0 Å². The predicted octanol–water partition coefficient (Wildman–Crippen LogP) is 0.333. The topological polar surface area (TPSA) is 123 Å². The van der Waals surface area contributed by atoms with E-state index in [1.54, 1.807) is 13.8 Å². The number of aldehydes is 1. The molecule has 0 radical (unpaired) electrons. The highest BCUT2D eigenvalue weighted by Crippen LogP contribution is 2.02. The molecule has 23 heavy (non-hydrogen) atoms. The zero-order valence-electron chi connectivity index (χ0n) is 13.6. The molecule has 0 aromatic carbocycles. The molecule has 3 amide bonds. The van der Waals surface area contributed by atoms with Crippen LogP contribution >= 0.6 is 0 Å². The maximum absolute atomic E-state index is 11.9. The van der Waals surface area contributed by atoms with Crippen molar-refractivity contribution < 1.29 is 28.7 Å². The van der Waals surface area contributed by atoms with Crippen molar-refractivity contribution in [3.05, 3.63) is 0 Å². The number of carbonyl (C=O) groups is 4. The summed E-state index contributed by atoms with van der Waals surface area (Å²) >= 11 is 0. The fraction of sp³-hybridized carbons (Fsp3) is 0.714. The lowest BCUT2D eigenvalue weighted by atomic mass is 10.1. The lowest BCUT2D eigenvalue weighted by Crippen LogP contribution is -2.47. The number of ether oxygens (including phenoxy) is 2. The predicted molar refractivity (Wildman–Crippen MR) is 81.9 cm³/mol. The summed E-state index contributed by atoms with van der Waals surface area (Å²) in [5.41, 5.74) is 0. The fourth-order valence-electron chi connectivity index (χ4n) is 1.70. The SMILES string of the molecule is CCOC(=O)NCCCCC(NC(=O)OCC)C(=O)NCC=O. The first-order chi connectivity index (χ1) is 11.0. The summed E-state index contributed by atoms with van der Waals surface area (Å²) < 4.78 is 9.45. The van der Waals surface area contributed by atoms with Crippen molar-refractivity contribution in [3.63, 3.8) is 0 Å². The fourth-order valence-corrected chi connectivity index (χ4v) is 1.70. The van der Waals surface area contributed by atoms with Crippen molar-refractivity contribution in [2.75, 3.05) is 26.3 Å². The van der Waals surface area contributed by atoms with E-state index in [1.165, 1.54) is 0 Å². The van der Waals surface area contributed by atoms with Gasteiger partial charge in [-0.1, -0.05) is 0 Å². The quantitative estimate of drug-likeness (QED) is 0.370. The van der Waals surface area contributed by atoms with Crippen molar-refractivity contribution in [3.8, 4) is 0 Å². The van der Waals surface area contributed by atoms with Gasteiger partial charge in [-0.05, 0) is 33.1 Å². The van der Waals surface area contributed by atoms with E-state index in [0.29, 0.717) is 38.7 Å². The molecule has 1 unspecified atom stereocenters. The van der Waals surface area contributed by atoms with Crippen LogP contribution in [0.1, 0.15) is 33.1 Å². The van der Waals surface area contributed by atoms with Crippen molar-refractivity contribution in [1.82, 2.24) is 16.0 Å². The monoisotopic (exact) mass is 331 g/mol. The maximum atomic E-state index is 11.9. The Labute approximate surface area is 135 Å². The summed E-state index contributed by atoms with van der Waals surface area (Å²) in [6, 6.07) is -0.795. The minimum Gasteiger partial charge on any atom is -0.450 e. The molecule has 132 valence electrons. The molecule has 0 aliphatic carbocycles. The first-order valence-electron chi connectivity index (χ1n) is 7.60. The molecule has 0 heterocycles. The number of unbranched alkanes of at least 4 members (excludes halogenated alkanes) is 1. The largest absolute Gasteiger partial charge is 0.450 e. The Hall–Kier alpha value is -2.32. The van der Waals surface area contributed by atoms with Gasteiger partial charge >= 0.3 is 12.2 Å². The minimum absolute atomic E-state index is 0.121. The van der Waals surface area contributed by atoms with E-state index in [0.717, 1.165) is 0 Å². The average Bonchev–Trinajstić information content (AvgIpc) is 2.51. The highest BCUT2D eigenvalue weighted by Gasteiger charge is 2.20. The van der Waals surface area contributed by atoms with Gasteiger partial charge in [0.1, 0.15) is 12.3 Å². The van der Waals surface area contributed by atoms with E-state index in [9.17, 15) is 19.2 Å². The third-order valence-electron chi connectivity index (χ3n) is 2.71. The molecule has 0 spiro atoms. The lowest BCUT2D eigenvalue weighted by Gasteiger charge is -2.17. The van der Waals surface area contributed by atoms with Crippen LogP contribution in [0.25, 0.3) is 0 Å². The van der Waals surface area contributed by atoms with E-state index in [4.69, 9.17) is 9.47 Å². The van der Waals surface area contributed by atoms with Gasteiger partial charge in [0.05, 0.1) is 19.8 Å². The third kappa shape index (κ3) is 11.0. The van der Waals surface area contributed by atoms with Crippen LogP contribution < -0.4 is 16.0 Å². The molecule has 9 nitrogen and oxygen atoms in total. The van der Waals surface area contributed by atoms with Gasteiger partial charge in [0.25, 0.3) is 0 Å². The minimum atomic E-state index is -0.795. The summed E-state index contributed by atoms with van der Waals surface area (Å²) in [7, 11) is 0. The molecule has 0 aliphatic rings. The molecule has 0 rings (SSSR count). The second-order valence-electron chi connectivity index (χ2n) is 4.47. The Morgan fingerprint density at radius 2 is 1.65 bits per heavy atom. The summed E-state index contributed by atoms with van der Waals surface area (Å²) in [6.45, 7) is 4.14. The van der Waals surface area contributed by atoms with Crippen molar-refractivity contribution >= 4 is 24.4 Å². The Balaban J connectivity index is 4.19. The second kappa shape index (κ2) is 13.4. The molecular formula is C14H25N3O6. The molecule has 9 heteroatoms. The number of carbonyl (C=O) groups excluding carboxylic acids is 4. The van der Waals surface area contributed by atoms with Gasteiger partial charge in [-0.15, -0.1) is 0 Å². The molecule has 0 aliphatic heterocycles. The van der Waals surface area contributed by atoms with Gasteiger partial charge in [0, 0.05) is 6.54 Å². The Morgan fingerprint density at radius 1 is 1.00 bits per heavy atom. The number of amides is 3. The van der Waals surface area contributed by atoms with Crippen molar-refractivity contribution in [1.29, 1.82) is 0 Å². The molecule has 0 saturated carbocycles. The smallest absolute Gasteiger partial charge is 0.407 e. The molecule has 0 fully saturated rings. The molecular weight excluding hydrogens is 306 g/mol. The number of alkyl carbamates (subject to hydrolysis) is 2. The van der Waals surface area contributed by atoms with Gasteiger partial charge in [-0.25, -0.2) is 9.59 Å². The number of nitrogens with one attached hydrogen (secondary N) is 3. The van der Waals surface area contributed by atoms with E-state index >= 15 is 0 Å². The average molecular weight is 331 g/mol. The van der Waals surface area contributed by atoms with Gasteiger partial charge < -0.3 is 30.2 Å². The van der Waals surface area contributed by atoms with E-state index in [-0.39, 0.29) is 13.2 Å². The molecule has 0 aromatic rings. The van der Waals surface area contributed by atoms with Crippen LogP contribution in [-0.4, -0.2) is 56.7 Å². The standard InChI is InChI=1S/C14H25N3O6/c1-3-22-13(20)16-8-6-5-7-11(12(19)15-9-10-18)17-14(21)23-4-2/h10-11H,3-9H2,1-2H3,(H,15,19)(H,16,20)(H,17,21). The number of rotatable bonds is 11. The van der Waals surface area contributed by atoms with Gasteiger partial charge in [-0.3, -0.25) is 4.79 Å². The van der Waals surface area contributed by atoms with Crippen LogP contribution in [0.3, 0.4) is 0 Å². The Kier molecular flexibility index (Phi) is 12.0. The van der Waals surface area contributed by atoms with Crippen LogP contribution in [0.5, 0.6) is 0 Å². The highest BCUT2D eigenvalue weighted by molar-refractivity contribution is 5.86. The molecule has 0 bridgehead atoms. The molecule has 1 atom stereocenters. The maximum Gasteiger partial charge on any atom is 0.407 e. The van der Waals surface area contributed by atoms with Crippen molar-refractivity contribution in [2.45, 2.75) is 39.2 Å². The highest BCUT2D eigenvalue weighted by atomic mass is 16.6. The van der Waals surface area contributed by atoms with Gasteiger partial charge in [-0.2, -0.15) is 0 Å². The summed E-state index contributed by atoms with van der Waals surface area (Å²) in [4.78, 5) is 44.7. The first kappa shape index (κ1) is 20.7. The van der Waals surface area contributed by atoms with Crippen LogP contribution in [0.15, 0.2) is 0 Å². The Morgan fingerprint density at radius 3 is 2.26 bits per heavy atom. The lowest BCUT2D eigenvalue weighted by molar-refractivity contribution is -0.124. The molecule has 3 N–H and O–H groups in total. The van der Waals surface area contributed by atoms with Crippen LogP contribution in [0.2, 0.25) is 0 Å². The van der Waals surface area contributed by atoms with Crippen LogP contribution in [0.4, 0.5) is 9.59 Å².